The number of hydrogen-bond acceptors (Lipinski definition) is 2. The lowest BCUT2D eigenvalue weighted by Crippen LogP contribution is -2.15. The molecular weight excluding hydrogens is 212 g/mol. The molecule has 0 heterocycles. The predicted octanol–water partition coefficient (Wildman–Crippen LogP) is 3.61. The molecule has 0 spiro atoms. The average molecular weight is 234 g/mol. The molecule has 0 N–H and O–H groups in total. The van der Waals surface area contributed by atoms with Crippen molar-refractivity contribution in [1.82, 2.24) is 0 Å². The zero-order valence-electron chi connectivity index (χ0n) is 11.1. The predicted molar refractivity (Wildman–Crippen MR) is 70.0 cm³/mol. The molecule has 0 amide bonds. The molecule has 0 aliphatic heterocycles. The summed E-state index contributed by atoms with van der Waals surface area (Å²) in [5.41, 5.74) is 2.81. The summed E-state index contributed by atoms with van der Waals surface area (Å²) in [6.07, 6.45) is 6.23. The SMILES string of the molecule is CCCC1CCc2c(ccc(OC)c2OC)C1. The molecule has 1 aromatic carbocycles. The standard InChI is InChI=1S/C15H22O2/c1-4-5-11-6-8-13-12(10-11)7-9-14(16-2)15(13)17-3/h7,9,11H,4-6,8,10H2,1-3H3. The van der Waals surface area contributed by atoms with Crippen LogP contribution in [0.25, 0.3) is 0 Å². The fourth-order valence-electron chi connectivity index (χ4n) is 2.91. The molecular formula is C15H22O2. The number of rotatable bonds is 4. The van der Waals surface area contributed by atoms with Crippen molar-refractivity contribution in [3.05, 3.63) is 23.3 Å². The van der Waals surface area contributed by atoms with Gasteiger partial charge in [0.25, 0.3) is 0 Å². The first-order valence-corrected chi connectivity index (χ1v) is 6.52. The Morgan fingerprint density at radius 1 is 1.24 bits per heavy atom. The van der Waals surface area contributed by atoms with E-state index >= 15 is 0 Å². The van der Waals surface area contributed by atoms with Gasteiger partial charge in [-0.15, -0.1) is 0 Å². The van der Waals surface area contributed by atoms with Crippen molar-refractivity contribution in [2.24, 2.45) is 5.92 Å². The average Bonchev–Trinajstić information content (AvgIpc) is 2.37. The minimum atomic E-state index is 0.852. The third-order valence-corrected chi connectivity index (χ3v) is 3.75. The van der Waals surface area contributed by atoms with E-state index in [1.54, 1.807) is 14.2 Å². The molecule has 0 radical (unpaired) electrons. The lowest BCUT2D eigenvalue weighted by molar-refractivity contribution is 0.343. The van der Waals surface area contributed by atoms with Gasteiger partial charge in [0.15, 0.2) is 11.5 Å². The molecule has 0 saturated heterocycles. The van der Waals surface area contributed by atoms with Gasteiger partial charge in [-0.05, 0) is 36.8 Å². The third-order valence-electron chi connectivity index (χ3n) is 3.75. The molecule has 0 fully saturated rings. The van der Waals surface area contributed by atoms with Crippen LogP contribution in [0.1, 0.15) is 37.3 Å². The van der Waals surface area contributed by atoms with Crippen LogP contribution >= 0.6 is 0 Å². The molecule has 0 aromatic heterocycles. The minimum absolute atomic E-state index is 0.852. The zero-order chi connectivity index (χ0) is 12.3. The lowest BCUT2D eigenvalue weighted by atomic mass is 9.81. The Kier molecular flexibility index (Phi) is 3.93. The molecule has 1 aliphatic carbocycles. The Labute approximate surface area is 104 Å². The summed E-state index contributed by atoms with van der Waals surface area (Å²) in [6.45, 7) is 2.27. The summed E-state index contributed by atoms with van der Waals surface area (Å²) in [6, 6.07) is 4.24. The van der Waals surface area contributed by atoms with Crippen LogP contribution in [0.4, 0.5) is 0 Å². The summed E-state index contributed by atoms with van der Waals surface area (Å²) in [5.74, 6) is 2.66. The second-order valence-electron chi connectivity index (χ2n) is 4.84. The highest BCUT2D eigenvalue weighted by molar-refractivity contribution is 5.51. The third kappa shape index (κ3) is 2.41. The second-order valence-corrected chi connectivity index (χ2v) is 4.84. The molecule has 17 heavy (non-hydrogen) atoms. The van der Waals surface area contributed by atoms with Gasteiger partial charge in [-0.1, -0.05) is 25.8 Å². The second kappa shape index (κ2) is 5.44. The van der Waals surface area contributed by atoms with Gasteiger partial charge in [0.2, 0.25) is 0 Å². The minimum Gasteiger partial charge on any atom is -0.493 e. The Bertz CT molecular complexity index is 385. The van der Waals surface area contributed by atoms with Crippen LogP contribution in [-0.4, -0.2) is 14.2 Å². The van der Waals surface area contributed by atoms with Crippen molar-refractivity contribution >= 4 is 0 Å². The quantitative estimate of drug-likeness (QED) is 0.792. The first-order chi connectivity index (χ1) is 8.30. The summed E-state index contributed by atoms with van der Waals surface area (Å²) >= 11 is 0. The first-order valence-electron chi connectivity index (χ1n) is 6.52. The maximum absolute atomic E-state index is 5.50. The number of methoxy groups -OCH3 is 2. The monoisotopic (exact) mass is 234 g/mol. The summed E-state index contributed by atoms with van der Waals surface area (Å²) in [5, 5.41) is 0. The van der Waals surface area contributed by atoms with Crippen molar-refractivity contribution in [1.29, 1.82) is 0 Å². The zero-order valence-corrected chi connectivity index (χ0v) is 11.1. The van der Waals surface area contributed by atoms with E-state index in [4.69, 9.17) is 9.47 Å². The summed E-state index contributed by atoms with van der Waals surface area (Å²) in [4.78, 5) is 0. The molecule has 1 unspecified atom stereocenters. The van der Waals surface area contributed by atoms with Gasteiger partial charge in [0.1, 0.15) is 0 Å². The van der Waals surface area contributed by atoms with Crippen molar-refractivity contribution < 1.29 is 9.47 Å². The van der Waals surface area contributed by atoms with Crippen LogP contribution in [0, 0.1) is 5.92 Å². The van der Waals surface area contributed by atoms with Crippen LogP contribution in [0.5, 0.6) is 11.5 Å². The molecule has 2 rings (SSSR count). The Balaban J connectivity index is 2.29. The first kappa shape index (κ1) is 12.3. The van der Waals surface area contributed by atoms with E-state index in [-0.39, 0.29) is 0 Å². The van der Waals surface area contributed by atoms with E-state index in [9.17, 15) is 0 Å². The molecule has 0 saturated carbocycles. The highest BCUT2D eigenvalue weighted by Crippen LogP contribution is 2.39. The van der Waals surface area contributed by atoms with Crippen LogP contribution in [-0.2, 0) is 12.8 Å². The highest BCUT2D eigenvalue weighted by Gasteiger charge is 2.22. The van der Waals surface area contributed by atoms with Crippen molar-refractivity contribution in [2.75, 3.05) is 14.2 Å². The van der Waals surface area contributed by atoms with Crippen molar-refractivity contribution in [2.45, 2.75) is 39.0 Å². The van der Waals surface area contributed by atoms with Crippen LogP contribution in [0.3, 0.4) is 0 Å². The van der Waals surface area contributed by atoms with Gasteiger partial charge < -0.3 is 9.47 Å². The van der Waals surface area contributed by atoms with Gasteiger partial charge in [0.05, 0.1) is 14.2 Å². The topological polar surface area (TPSA) is 18.5 Å². The van der Waals surface area contributed by atoms with Crippen LogP contribution in [0.15, 0.2) is 12.1 Å². The largest absolute Gasteiger partial charge is 0.493 e. The Morgan fingerprint density at radius 3 is 2.71 bits per heavy atom. The Hall–Kier alpha value is -1.18. The van der Waals surface area contributed by atoms with E-state index in [0.717, 1.165) is 23.8 Å². The van der Waals surface area contributed by atoms with Gasteiger partial charge >= 0.3 is 0 Å². The van der Waals surface area contributed by atoms with Crippen LogP contribution < -0.4 is 9.47 Å². The van der Waals surface area contributed by atoms with Crippen molar-refractivity contribution in [3.8, 4) is 11.5 Å². The molecule has 1 aromatic rings. The molecule has 1 atom stereocenters. The van der Waals surface area contributed by atoms with Gasteiger partial charge in [-0.25, -0.2) is 0 Å². The fraction of sp³-hybridized carbons (Fsp3) is 0.600. The van der Waals surface area contributed by atoms with E-state index in [1.807, 2.05) is 6.07 Å². The number of benzene rings is 1. The number of hydrogen-bond donors (Lipinski definition) is 0. The molecule has 1 aliphatic rings. The molecule has 2 nitrogen and oxygen atoms in total. The van der Waals surface area contributed by atoms with Gasteiger partial charge in [0, 0.05) is 5.56 Å². The normalized spacial score (nSPS) is 18.6. The molecule has 2 heteroatoms. The fourth-order valence-corrected chi connectivity index (χ4v) is 2.91. The highest BCUT2D eigenvalue weighted by atomic mass is 16.5. The van der Waals surface area contributed by atoms with E-state index in [2.05, 4.69) is 13.0 Å². The maximum Gasteiger partial charge on any atom is 0.164 e. The van der Waals surface area contributed by atoms with Gasteiger partial charge in [-0.2, -0.15) is 0 Å². The smallest absolute Gasteiger partial charge is 0.164 e. The number of ether oxygens (including phenoxy) is 2. The number of fused-ring (bicyclic) bond motifs is 1. The van der Waals surface area contributed by atoms with Crippen molar-refractivity contribution in [3.63, 3.8) is 0 Å². The van der Waals surface area contributed by atoms with Gasteiger partial charge in [-0.3, -0.25) is 0 Å². The summed E-state index contributed by atoms with van der Waals surface area (Å²) < 4.78 is 10.9. The van der Waals surface area contributed by atoms with E-state index in [1.165, 1.54) is 36.8 Å². The Morgan fingerprint density at radius 2 is 2.06 bits per heavy atom. The van der Waals surface area contributed by atoms with E-state index in [0.29, 0.717) is 0 Å². The van der Waals surface area contributed by atoms with Crippen LogP contribution in [0.2, 0.25) is 0 Å². The molecule has 94 valence electrons. The lowest BCUT2D eigenvalue weighted by Gasteiger charge is -2.26. The van der Waals surface area contributed by atoms with E-state index < -0.39 is 0 Å². The maximum atomic E-state index is 5.50. The summed E-state index contributed by atoms with van der Waals surface area (Å²) in [7, 11) is 3.43. The molecule has 0 bridgehead atoms.